The highest BCUT2D eigenvalue weighted by Crippen LogP contribution is 2.16. The Labute approximate surface area is 150 Å². The molecule has 0 saturated carbocycles. The van der Waals surface area contributed by atoms with Gasteiger partial charge in [-0.05, 0) is 31.9 Å². The molecule has 1 aromatic rings. The Kier molecular flexibility index (Phi) is 7.73. The van der Waals surface area contributed by atoms with Gasteiger partial charge >= 0.3 is 0 Å². The van der Waals surface area contributed by atoms with E-state index in [-0.39, 0.29) is 17.9 Å². The van der Waals surface area contributed by atoms with Crippen LogP contribution in [0.15, 0.2) is 30.3 Å². The normalized spacial score (nSPS) is 15.8. The third kappa shape index (κ3) is 6.74. The Balaban J connectivity index is 1.60. The highest BCUT2D eigenvalue weighted by Gasteiger charge is 2.20. The van der Waals surface area contributed by atoms with Crippen molar-refractivity contribution in [2.75, 3.05) is 37.6 Å². The van der Waals surface area contributed by atoms with Crippen LogP contribution < -0.4 is 16.0 Å². The number of amides is 2. The summed E-state index contributed by atoms with van der Waals surface area (Å²) in [6.45, 7) is 5.69. The van der Waals surface area contributed by atoms with Crippen LogP contribution in [0.1, 0.15) is 32.6 Å². The number of hydrogen-bond acceptors (Lipinski definition) is 4. The summed E-state index contributed by atoms with van der Waals surface area (Å²) in [4.78, 5) is 28.1. The van der Waals surface area contributed by atoms with Gasteiger partial charge in [-0.1, -0.05) is 18.2 Å². The van der Waals surface area contributed by atoms with Crippen molar-refractivity contribution in [3.05, 3.63) is 30.3 Å². The van der Waals surface area contributed by atoms with Crippen molar-refractivity contribution in [1.82, 2.24) is 10.2 Å². The van der Waals surface area contributed by atoms with Gasteiger partial charge in [-0.3, -0.25) is 9.59 Å². The first-order chi connectivity index (χ1) is 12.1. The molecule has 25 heavy (non-hydrogen) atoms. The Morgan fingerprint density at radius 3 is 2.44 bits per heavy atom. The molecular weight excluding hydrogens is 316 g/mol. The van der Waals surface area contributed by atoms with Crippen LogP contribution in [0.5, 0.6) is 0 Å². The van der Waals surface area contributed by atoms with E-state index in [4.69, 9.17) is 5.73 Å². The van der Waals surface area contributed by atoms with Crippen LogP contribution in [-0.4, -0.2) is 55.5 Å². The average Bonchev–Trinajstić information content (AvgIpc) is 2.64. The van der Waals surface area contributed by atoms with E-state index in [1.54, 1.807) is 0 Å². The number of carbonyl (C=O) groups is 2. The van der Waals surface area contributed by atoms with E-state index < -0.39 is 0 Å². The maximum Gasteiger partial charge on any atom is 0.222 e. The quantitative estimate of drug-likeness (QED) is 0.697. The summed E-state index contributed by atoms with van der Waals surface area (Å²) in [5.74, 6) is 0.193. The SMILES string of the molecule is CC(N)CCC(=O)NCCCC(=O)N1CCN(c2ccccc2)CC1. The number of hydrogen-bond donors (Lipinski definition) is 2. The Morgan fingerprint density at radius 2 is 1.80 bits per heavy atom. The van der Waals surface area contributed by atoms with E-state index in [9.17, 15) is 9.59 Å². The fourth-order valence-electron chi connectivity index (χ4n) is 2.93. The molecule has 1 unspecified atom stereocenters. The molecule has 6 heteroatoms. The second-order valence-corrected chi connectivity index (χ2v) is 6.67. The van der Waals surface area contributed by atoms with E-state index in [2.05, 4.69) is 22.3 Å². The minimum absolute atomic E-state index is 0.0150. The lowest BCUT2D eigenvalue weighted by Crippen LogP contribution is -2.48. The zero-order valence-corrected chi connectivity index (χ0v) is 15.1. The van der Waals surface area contributed by atoms with Gasteiger partial charge in [-0.2, -0.15) is 0 Å². The van der Waals surface area contributed by atoms with Crippen molar-refractivity contribution in [1.29, 1.82) is 0 Å². The monoisotopic (exact) mass is 346 g/mol. The van der Waals surface area contributed by atoms with Crippen molar-refractivity contribution in [3.63, 3.8) is 0 Å². The number of rotatable bonds is 8. The van der Waals surface area contributed by atoms with Crippen LogP contribution in [0.2, 0.25) is 0 Å². The number of nitrogens with two attached hydrogens (primary N) is 1. The zero-order valence-electron chi connectivity index (χ0n) is 15.1. The molecule has 6 nitrogen and oxygen atoms in total. The summed E-state index contributed by atoms with van der Waals surface area (Å²) in [6.07, 6.45) is 2.31. The summed E-state index contributed by atoms with van der Waals surface area (Å²) in [6, 6.07) is 10.3. The summed E-state index contributed by atoms with van der Waals surface area (Å²) >= 11 is 0. The van der Waals surface area contributed by atoms with Gasteiger partial charge in [-0.15, -0.1) is 0 Å². The lowest BCUT2D eigenvalue weighted by atomic mass is 10.2. The molecule has 1 aliphatic rings. The Morgan fingerprint density at radius 1 is 1.12 bits per heavy atom. The van der Waals surface area contributed by atoms with Crippen LogP contribution in [0.4, 0.5) is 5.69 Å². The summed E-state index contributed by atoms with van der Waals surface area (Å²) < 4.78 is 0. The fourth-order valence-corrected chi connectivity index (χ4v) is 2.93. The van der Waals surface area contributed by atoms with Crippen molar-refractivity contribution in [2.24, 2.45) is 5.73 Å². The Hall–Kier alpha value is -2.08. The first kappa shape index (κ1) is 19.2. The second-order valence-electron chi connectivity index (χ2n) is 6.67. The predicted octanol–water partition coefficient (Wildman–Crippen LogP) is 1.36. The number of benzene rings is 1. The maximum atomic E-state index is 12.3. The van der Waals surface area contributed by atoms with Gasteiger partial charge in [0.15, 0.2) is 0 Å². The molecule has 0 radical (unpaired) electrons. The number of nitrogens with zero attached hydrogens (tertiary/aromatic N) is 2. The van der Waals surface area contributed by atoms with Crippen molar-refractivity contribution < 1.29 is 9.59 Å². The van der Waals surface area contributed by atoms with Crippen molar-refractivity contribution >= 4 is 17.5 Å². The van der Waals surface area contributed by atoms with Gasteiger partial charge < -0.3 is 20.9 Å². The van der Waals surface area contributed by atoms with Crippen LogP contribution in [0, 0.1) is 0 Å². The molecule has 0 spiro atoms. The minimum Gasteiger partial charge on any atom is -0.368 e. The number of anilines is 1. The van der Waals surface area contributed by atoms with E-state index in [0.717, 1.165) is 26.2 Å². The summed E-state index contributed by atoms with van der Waals surface area (Å²) in [5, 5.41) is 2.85. The zero-order chi connectivity index (χ0) is 18.1. The van der Waals surface area contributed by atoms with Crippen molar-refractivity contribution in [3.8, 4) is 0 Å². The van der Waals surface area contributed by atoms with Gasteiger partial charge in [0.05, 0.1) is 0 Å². The summed E-state index contributed by atoms with van der Waals surface area (Å²) in [5.41, 5.74) is 6.84. The maximum absolute atomic E-state index is 12.3. The molecule has 1 saturated heterocycles. The lowest BCUT2D eigenvalue weighted by Gasteiger charge is -2.36. The van der Waals surface area contributed by atoms with Crippen molar-refractivity contribution in [2.45, 2.75) is 38.6 Å². The number of nitrogens with one attached hydrogen (secondary N) is 1. The van der Waals surface area contributed by atoms with E-state index in [1.807, 2.05) is 30.0 Å². The van der Waals surface area contributed by atoms with Crippen LogP contribution >= 0.6 is 0 Å². The fraction of sp³-hybridized carbons (Fsp3) is 0.579. The van der Waals surface area contributed by atoms with E-state index in [0.29, 0.717) is 32.2 Å². The number of para-hydroxylation sites is 1. The minimum atomic E-state index is 0.0150. The first-order valence-corrected chi connectivity index (χ1v) is 9.16. The number of carbonyl (C=O) groups excluding carboxylic acids is 2. The highest BCUT2D eigenvalue weighted by atomic mass is 16.2. The largest absolute Gasteiger partial charge is 0.368 e. The number of piperazine rings is 1. The third-order valence-corrected chi connectivity index (χ3v) is 4.47. The smallest absolute Gasteiger partial charge is 0.222 e. The molecule has 0 bridgehead atoms. The Bertz CT molecular complexity index is 540. The molecule has 2 amide bonds. The van der Waals surface area contributed by atoms with Crippen LogP contribution in [-0.2, 0) is 9.59 Å². The molecule has 1 heterocycles. The van der Waals surface area contributed by atoms with Gasteiger partial charge in [0.1, 0.15) is 0 Å². The highest BCUT2D eigenvalue weighted by molar-refractivity contribution is 5.77. The van der Waals surface area contributed by atoms with Gasteiger partial charge in [0.25, 0.3) is 0 Å². The molecule has 138 valence electrons. The molecular formula is C19H30N4O2. The molecule has 0 aromatic heterocycles. The molecule has 1 aliphatic heterocycles. The first-order valence-electron chi connectivity index (χ1n) is 9.16. The summed E-state index contributed by atoms with van der Waals surface area (Å²) in [7, 11) is 0. The molecule has 1 atom stereocenters. The molecule has 3 N–H and O–H groups in total. The second kappa shape index (κ2) is 10.0. The third-order valence-electron chi connectivity index (χ3n) is 4.47. The predicted molar refractivity (Wildman–Crippen MR) is 100 cm³/mol. The molecule has 0 aliphatic carbocycles. The van der Waals surface area contributed by atoms with Gasteiger partial charge in [0, 0.05) is 57.3 Å². The average molecular weight is 346 g/mol. The van der Waals surface area contributed by atoms with Crippen LogP contribution in [0.3, 0.4) is 0 Å². The lowest BCUT2D eigenvalue weighted by molar-refractivity contribution is -0.131. The molecule has 1 fully saturated rings. The van der Waals surface area contributed by atoms with Crippen LogP contribution in [0.25, 0.3) is 0 Å². The van der Waals surface area contributed by atoms with Gasteiger partial charge in [-0.25, -0.2) is 0 Å². The molecule has 1 aromatic carbocycles. The topological polar surface area (TPSA) is 78.7 Å². The van der Waals surface area contributed by atoms with E-state index >= 15 is 0 Å². The standard InChI is InChI=1S/C19H30N4O2/c1-16(20)9-10-18(24)21-11-5-8-19(25)23-14-12-22(13-15-23)17-6-3-2-4-7-17/h2-4,6-7,16H,5,8-15,20H2,1H3,(H,21,24). The molecule has 2 rings (SSSR count). The van der Waals surface area contributed by atoms with Gasteiger partial charge in [0.2, 0.25) is 11.8 Å². The van der Waals surface area contributed by atoms with E-state index in [1.165, 1.54) is 5.69 Å².